The number of carbonyl (C=O) groups excluding carboxylic acids is 1. The van der Waals surface area contributed by atoms with Crippen LogP contribution in [0.25, 0.3) is 0 Å². The van der Waals surface area contributed by atoms with Crippen molar-refractivity contribution in [3.8, 4) is 0 Å². The number of alkyl halides is 1. The van der Waals surface area contributed by atoms with Crippen LogP contribution in [0.1, 0.15) is 94.4 Å². The van der Waals surface area contributed by atoms with E-state index in [1.807, 2.05) is 65.8 Å². The average molecular weight is 499 g/mol. The Morgan fingerprint density at radius 1 is 1.17 bits per heavy atom. The van der Waals surface area contributed by atoms with Gasteiger partial charge in [-0.05, 0) is 75.7 Å². The molecule has 1 aliphatic carbocycles. The molecule has 0 spiro atoms. The van der Waals surface area contributed by atoms with Crippen LogP contribution in [0.5, 0.6) is 0 Å². The highest BCUT2D eigenvalue weighted by Gasteiger charge is 2.19. The van der Waals surface area contributed by atoms with Gasteiger partial charge < -0.3 is 0 Å². The third-order valence-electron chi connectivity index (χ3n) is 5.72. The minimum Gasteiger partial charge on any atom is -0.300 e. The third kappa shape index (κ3) is 14.1. The average Bonchev–Trinajstić information content (AvgIpc) is 2.88. The van der Waals surface area contributed by atoms with E-state index in [1.165, 1.54) is 0 Å². The van der Waals surface area contributed by atoms with Crippen molar-refractivity contribution in [2.24, 2.45) is 22.0 Å². The van der Waals surface area contributed by atoms with Crippen LogP contribution in [0.2, 0.25) is 0 Å². The van der Waals surface area contributed by atoms with Crippen LogP contribution in [0.4, 0.5) is 4.39 Å². The van der Waals surface area contributed by atoms with Gasteiger partial charge in [0.1, 0.15) is 12.0 Å². The summed E-state index contributed by atoms with van der Waals surface area (Å²) in [6, 6.07) is 0. The van der Waals surface area contributed by atoms with E-state index in [0.717, 1.165) is 48.3 Å². The molecule has 3 nitrogen and oxygen atoms in total. The molecule has 0 N–H and O–H groups in total. The fourth-order valence-corrected chi connectivity index (χ4v) is 3.49. The number of ketones is 1. The summed E-state index contributed by atoms with van der Waals surface area (Å²) in [6.07, 6.45) is 15.6. The largest absolute Gasteiger partial charge is 0.300 e. The van der Waals surface area contributed by atoms with Gasteiger partial charge in [-0.25, -0.2) is 4.39 Å². The van der Waals surface area contributed by atoms with Crippen molar-refractivity contribution in [2.45, 2.75) is 101 Å². The van der Waals surface area contributed by atoms with E-state index in [-0.39, 0.29) is 17.6 Å². The van der Waals surface area contributed by atoms with Crippen molar-refractivity contribution < 1.29 is 9.18 Å². The normalized spacial score (nSPS) is 17.9. The molecule has 202 valence electrons. The SMILES string of the molecule is C=C/C=C(\C=C/C)C(=N/N=C(\C)CCCC(CC1=CC(F)C(=C)C=C1)C(C)=O)/C(C)CC.CC.CC. The first kappa shape index (κ1) is 35.5. The van der Waals surface area contributed by atoms with Crippen molar-refractivity contribution >= 4 is 17.2 Å². The van der Waals surface area contributed by atoms with E-state index >= 15 is 0 Å². The molecule has 3 unspecified atom stereocenters. The van der Waals surface area contributed by atoms with Crippen molar-refractivity contribution in [1.29, 1.82) is 0 Å². The molecule has 0 aromatic heterocycles. The first-order chi connectivity index (χ1) is 17.2. The summed E-state index contributed by atoms with van der Waals surface area (Å²) in [6.45, 7) is 25.3. The molecule has 0 amide bonds. The van der Waals surface area contributed by atoms with Crippen LogP contribution in [-0.4, -0.2) is 23.4 Å². The molecule has 0 aromatic rings. The van der Waals surface area contributed by atoms with Crippen LogP contribution in [0, 0.1) is 11.8 Å². The Balaban J connectivity index is 0. The Labute approximate surface area is 221 Å². The van der Waals surface area contributed by atoms with E-state index < -0.39 is 6.17 Å². The van der Waals surface area contributed by atoms with Gasteiger partial charge in [-0.3, -0.25) is 4.79 Å². The lowest BCUT2D eigenvalue weighted by Crippen LogP contribution is -2.14. The fraction of sp³-hybridized carbons (Fsp3) is 0.531. The first-order valence-corrected chi connectivity index (χ1v) is 13.5. The smallest absolute Gasteiger partial charge is 0.143 e. The van der Waals surface area contributed by atoms with Crippen LogP contribution in [-0.2, 0) is 4.79 Å². The molecule has 0 saturated heterocycles. The standard InChI is InChI=1S/C28H39FN2O.2C2H6/c1-8-12-25(13-9-2)28(20(4)10-3)31-30-22(6)14-11-15-26(23(7)32)18-24-17-16-21(5)27(29)19-24;2*1-2/h8-9,12-13,16-17,19-20,26-27H,1,5,10-11,14-15,18H2,2-4,6-7H3;2*1-2H3/b13-9-,25-12+,30-22+,31-28+;;. The van der Waals surface area contributed by atoms with Crippen LogP contribution >= 0.6 is 0 Å². The summed E-state index contributed by atoms with van der Waals surface area (Å²) in [5.74, 6) is 0.299. The van der Waals surface area contributed by atoms with Gasteiger partial charge in [0.15, 0.2) is 0 Å². The second-order valence-corrected chi connectivity index (χ2v) is 8.44. The van der Waals surface area contributed by atoms with E-state index in [0.29, 0.717) is 12.0 Å². The predicted octanol–water partition coefficient (Wildman–Crippen LogP) is 9.75. The predicted molar refractivity (Wildman–Crippen MR) is 160 cm³/mol. The molecule has 36 heavy (non-hydrogen) atoms. The highest BCUT2D eigenvalue weighted by molar-refractivity contribution is 6.04. The number of Topliss-reactive ketones (excluding diaryl/α,β-unsaturated/α-hetero) is 1. The number of carbonyl (C=O) groups is 1. The molecule has 0 aliphatic heterocycles. The lowest BCUT2D eigenvalue weighted by atomic mass is 9.88. The monoisotopic (exact) mass is 498 g/mol. The zero-order valence-electron chi connectivity index (χ0n) is 24.4. The van der Waals surface area contributed by atoms with Gasteiger partial charge in [-0.15, -0.1) is 0 Å². The molecule has 3 atom stereocenters. The van der Waals surface area contributed by atoms with Crippen LogP contribution in [0.3, 0.4) is 0 Å². The maximum atomic E-state index is 13.9. The molecule has 0 fully saturated rings. The van der Waals surface area contributed by atoms with Crippen LogP contribution in [0.15, 0.2) is 82.6 Å². The molecule has 0 saturated carbocycles. The highest BCUT2D eigenvalue weighted by atomic mass is 19.1. The molecular formula is C32H51FN2O. The van der Waals surface area contributed by atoms with Crippen molar-refractivity contribution in [3.63, 3.8) is 0 Å². The lowest BCUT2D eigenvalue weighted by molar-refractivity contribution is -0.120. The number of allylic oxidation sites excluding steroid dienone is 10. The van der Waals surface area contributed by atoms with Gasteiger partial charge in [0.05, 0.1) is 5.71 Å². The summed E-state index contributed by atoms with van der Waals surface area (Å²) < 4.78 is 13.9. The quantitative estimate of drug-likeness (QED) is 0.141. The maximum Gasteiger partial charge on any atom is 0.143 e. The molecule has 1 rings (SSSR count). The van der Waals surface area contributed by atoms with Gasteiger partial charge in [0, 0.05) is 17.5 Å². The lowest BCUT2D eigenvalue weighted by Gasteiger charge is -2.18. The molecule has 0 heterocycles. The van der Waals surface area contributed by atoms with E-state index in [1.54, 1.807) is 25.2 Å². The molecule has 4 heteroatoms. The number of rotatable bonds is 13. The number of halogens is 1. The zero-order valence-corrected chi connectivity index (χ0v) is 24.4. The molecule has 0 bridgehead atoms. The molecule has 0 radical (unpaired) electrons. The van der Waals surface area contributed by atoms with Gasteiger partial charge in [0.2, 0.25) is 0 Å². The number of hydrogen-bond donors (Lipinski definition) is 0. The van der Waals surface area contributed by atoms with Gasteiger partial charge in [-0.2, -0.15) is 10.2 Å². The summed E-state index contributed by atoms with van der Waals surface area (Å²) in [5.41, 5.74) is 4.22. The molecular weight excluding hydrogens is 447 g/mol. The Morgan fingerprint density at radius 2 is 1.81 bits per heavy atom. The summed E-state index contributed by atoms with van der Waals surface area (Å²) in [7, 11) is 0. The van der Waals surface area contributed by atoms with Gasteiger partial charge in [-0.1, -0.05) is 91.2 Å². The fourth-order valence-electron chi connectivity index (χ4n) is 3.49. The Hall–Kier alpha value is -2.62. The maximum absolute atomic E-state index is 13.9. The Kier molecular flexibility index (Phi) is 21.4. The zero-order chi connectivity index (χ0) is 28.1. The van der Waals surface area contributed by atoms with Crippen molar-refractivity contribution in [1.82, 2.24) is 0 Å². The van der Waals surface area contributed by atoms with E-state index in [2.05, 4.69) is 37.2 Å². The van der Waals surface area contributed by atoms with Gasteiger partial charge in [0.25, 0.3) is 0 Å². The highest BCUT2D eigenvalue weighted by Crippen LogP contribution is 2.26. The number of nitrogens with zero attached hydrogens (tertiary/aromatic N) is 2. The summed E-state index contributed by atoms with van der Waals surface area (Å²) in [4.78, 5) is 12.1. The second kappa shape index (κ2) is 21.6. The summed E-state index contributed by atoms with van der Waals surface area (Å²) >= 11 is 0. The van der Waals surface area contributed by atoms with Gasteiger partial charge >= 0.3 is 0 Å². The van der Waals surface area contributed by atoms with Crippen molar-refractivity contribution in [2.75, 3.05) is 0 Å². The van der Waals surface area contributed by atoms with E-state index in [4.69, 9.17) is 0 Å². The minimum absolute atomic E-state index is 0.117. The van der Waals surface area contributed by atoms with Crippen molar-refractivity contribution in [3.05, 3.63) is 72.4 Å². The third-order valence-corrected chi connectivity index (χ3v) is 5.72. The van der Waals surface area contributed by atoms with E-state index in [9.17, 15) is 9.18 Å². The topological polar surface area (TPSA) is 41.8 Å². The van der Waals surface area contributed by atoms with Crippen LogP contribution < -0.4 is 0 Å². The number of hydrogen-bond acceptors (Lipinski definition) is 3. The Morgan fingerprint density at radius 3 is 2.31 bits per heavy atom. The molecule has 0 aromatic carbocycles. The molecule has 1 aliphatic rings. The minimum atomic E-state index is -1.16. The second-order valence-electron chi connectivity index (χ2n) is 8.44. The summed E-state index contributed by atoms with van der Waals surface area (Å²) in [5, 5.41) is 9.06. The Bertz CT molecular complexity index is 855. The first-order valence-electron chi connectivity index (χ1n) is 13.5.